The Morgan fingerprint density at radius 3 is 2.48 bits per heavy atom. The minimum Gasteiger partial charge on any atom is -0.872 e. The van der Waals surface area contributed by atoms with Crippen molar-refractivity contribution in [2.75, 3.05) is 0 Å². The third kappa shape index (κ3) is 2.48. The minimum atomic E-state index is -1.20. The van der Waals surface area contributed by atoms with Crippen molar-refractivity contribution in [3.63, 3.8) is 0 Å². The molecule has 2 heterocycles. The van der Waals surface area contributed by atoms with Crippen molar-refractivity contribution in [3.8, 4) is 16.9 Å². The molecule has 0 radical (unpaired) electrons. The van der Waals surface area contributed by atoms with E-state index in [0.717, 1.165) is 40.6 Å². The number of benzene rings is 1. The van der Waals surface area contributed by atoms with E-state index in [1.165, 1.54) is 22.6 Å². The molecule has 1 saturated carbocycles. The molecular weight excluding hydrogens is 318 g/mol. The highest BCUT2D eigenvalue weighted by Gasteiger charge is 2.29. The van der Waals surface area contributed by atoms with E-state index in [-0.39, 0.29) is 11.3 Å². The fourth-order valence-corrected chi connectivity index (χ4v) is 3.40. The lowest BCUT2D eigenvalue weighted by Crippen LogP contribution is -2.23. The van der Waals surface area contributed by atoms with Gasteiger partial charge in [-0.1, -0.05) is 24.3 Å². The number of rotatable bonds is 3. The summed E-state index contributed by atoms with van der Waals surface area (Å²) in [6.07, 6.45) is 3.63. The van der Waals surface area contributed by atoms with Gasteiger partial charge in [-0.25, -0.2) is 4.79 Å². The molecule has 1 aliphatic carbocycles. The second kappa shape index (κ2) is 5.48. The molecule has 4 rings (SSSR count). The van der Waals surface area contributed by atoms with Crippen molar-refractivity contribution in [1.29, 1.82) is 0 Å². The van der Waals surface area contributed by atoms with E-state index < -0.39 is 11.5 Å². The number of carboxylic acid groups (broad SMARTS) is 1. The maximum Gasteiger partial charge on any atom is 0.341 e. The Labute approximate surface area is 143 Å². The van der Waals surface area contributed by atoms with Crippen molar-refractivity contribution < 1.29 is 15.0 Å². The molecule has 5 heteroatoms. The van der Waals surface area contributed by atoms with Gasteiger partial charge in [0.25, 0.3) is 5.56 Å². The average Bonchev–Trinajstić information content (AvgIpc) is 3.41. The number of aromatic carboxylic acids is 1. The van der Waals surface area contributed by atoms with E-state index in [4.69, 9.17) is 0 Å². The molecule has 126 valence electrons. The van der Waals surface area contributed by atoms with Gasteiger partial charge in [-0.2, -0.15) is 0 Å². The van der Waals surface area contributed by atoms with Crippen LogP contribution < -0.4 is 10.7 Å². The Kier molecular flexibility index (Phi) is 3.39. The largest absolute Gasteiger partial charge is 0.872 e. The molecule has 0 atom stereocenters. The molecule has 1 aliphatic rings. The van der Waals surface area contributed by atoms with Crippen LogP contribution in [0.15, 0.2) is 47.4 Å². The van der Waals surface area contributed by atoms with Gasteiger partial charge in [0, 0.05) is 6.20 Å². The van der Waals surface area contributed by atoms with Crippen LogP contribution in [0.4, 0.5) is 0 Å². The molecule has 5 nitrogen and oxygen atoms in total. The van der Waals surface area contributed by atoms with Crippen LogP contribution >= 0.6 is 0 Å². The fraction of sp³-hybridized carbons (Fsp3) is 0.200. The number of carbonyl (C=O) groups is 1. The standard InChI is InChI=1S/C20H17NO4/c1-11-15(12-4-6-14(22)7-5-12)8-9-21-18(11)16(13-2-3-13)10-17(19(21)23)20(24)25/h4-10,13,22H,2-3H2,1H3,(H,24,25)/p-1. The van der Waals surface area contributed by atoms with E-state index in [1.807, 2.05) is 6.92 Å². The molecule has 0 aliphatic heterocycles. The van der Waals surface area contributed by atoms with E-state index >= 15 is 0 Å². The number of aryl methyl sites for hydroxylation is 1. The van der Waals surface area contributed by atoms with Crippen LogP contribution in [0.25, 0.3) is 16.6 Å². The summed E-state index contributed by atoms with van der Waals surface area (Å²) >= 11 is 0. The Morgan fingerprint density at radius 1 is 1.20 bits per heavy atom. The van der Waals surface area contributed by atoms with Gasteiger partial charge >= 0.3 is 5.97 Å². The quantitative estimate of drug-likeness (QED) is 0.798. The summed E-state index contributed by atoms with van der Waals surface area (Å²) < 4.78 is 1.44. The predicted molar refractivity (Wildman–Crippen MR) is 92.2 cm³/mol. The number of fused-ring (bicyclic) bond motifs is 1. The van der Waals surface area contributed by atoms with Crippen LogP contribution in [0.3, 0.4) is 0 Å². The number of hydrogen-bond donors (Lipinski definition) is 1. The lowest BCUT2D eigenvalue weighted by atomic mass is 9.96. The topological polar surface area (TPSA) is 81.8 Å². The van der Waals surface area contributed by atoms with Crippen molar-refractivity contribution in [1.82, 2.24) is 4.40 Å². The Morgan fingerprint density at radius 2 is 1.88 bits per heavy atom. The zero-order valence-electron chi connectivity index (χ0n) is 13.7. The van der Waals surface area contributed by atoms with Gasteiger partial charge in [0.05, 0.1) is 5.52 Å². The first-order chi connectivity index (χ1) is 12.0. The monoisotopic (exact) mass is 334 g/mol. The fourth-order valence-electron chi connectivity index (χ4n) is 3.40. The Hall–Kier alpha value is -3.08. The molecule has 1 fully saturated rings. The maximum absolute atomic E-state index is 12.6. The van der Waals surface area contributed by atoms with Gasteiger partial charge in [-0.3, -0.25) is 9.20 Å². The lowest BCUT2D eigenvalue weighted by molar-refractivity contribution is -0.268. The number of aromatic nitrogens is 1. The molecular formula is C20H16NO4-. The Balaban J connectivity index is 2.05. The van der Waals surface area contributed by atoms with Crippen molar-refractivity contribution in [2.45, 2.75) is 25.7 Å². The second-order valence-corrected chi connectivity index (χ2v) is 6.50. The molecule has 1 N–H and O–H groups in total. The van der Waals surface area contributed by atoms with Gasteiger partial charge < -0.3 is 10.2 Å². The van der Waals surface area contributed by atoms with E-state index in [1.54, 1.807) is 24.4 Å². The second-order valence-electron chi connectivity index (χ2n) is 6.50. The SMILES string of the molecule is Cc1c(-c2ccc([O-])cc2)ccn2c(=O)c(C(=O)O)cc(C3CC3)c12. The predicted octanol–water partition coefficient (Wildman–Crippen LogP) is 2.92. The first kappa shape index (κ1) is 15.4. The zero-order valence-corrected chi connectivity index (χ0v) is 13.7. The lowest BCUT2D eigenvalue weighted by Gasteiger charge is -2.16. The highest BCUT2D eigenvalue weighted by Crippen LogP contribution is 2.43. The summed E-state index contributed by atoms with van der Waals surface area (Å²) in [7, 11) is 0. The van der Waals surface area contributed by atoms with Crippen LogP contribution in [0.1, 0.15) is 40.2 Å². The van der Waals surface area contributed by atoms with Crippen LogP contribution in [0.5, 0.6) is 5.75 Å². The van der Waals surface area contributed by atoms with Gasteiger partial charge in [-0.15, -0.1) is 5.75 Å². The first-order valence-corrected chi connectivity index (χ1v) is 8.17. The first-order valence-electron chi connectivity index (χ1n) is 8.17. The van der Waals surface area contributed by atoms with Gasteiger partial charge in [-0.05, 0) is 60.1 Å². The van der Waals surface area contributed by atoms with E-state index in [2.05, 4.69) is 0 Å². The van der Waals surface area contributed by atoms with E-state index in [9.17, 15) is 19.8 Å². The minimum absolute atomic E-state index is 0.0526. The summed E-state index contributed by atoms with van der Waals surface area (Å²) in [5, 5.41) is 20.7. The number of nitrogens with zero attached hydrogens (tertiary/aromatic N) is 1. The van der Waals surface area contributed by atoms with Gasteiger partial charge in [0.1, 0.15) is 5.56 Å². The summed E-state index contributed by atoms with van der Waals surface area (Å²) in [6, 6.07) is 9.89. The normalized spacial score (nSPS) is 14.0. The van der Waals surface area contributed by atoms with Crippen molar-refractivity contribution in [3.05, 3.63) is 69.6 Å². The van der Waals surface area contributed by atoms with Crippen LogP contribution in [0, 0.1) is 6.92 Å². The molecule has 0 unspecified atom stereocenters. The molecule has 0 saturated heterocycles. The number of carboxylic acids is 1. The third-order valence-electron chi connectivity index (χ3n) is 4.83. The molecule has 3 aromatic rings. The molecule has 2 aromatic heterocycles. The molecule has 0 spiro atoms. The van der Waals surface area contributed by atoms with Crippen LogP contribution in [-0.2, 0) is 0 Å². The summed E-state index contributed by atoms with van der Waals surface area (Å²) in [5.41, 5.74) is 3.73. The van der Waals surface area contributed by atoms with Gasteiger partial charge in [0.2, 0.25) is 0 Å². The Bertz CT molecular complexity index is 1060. The molecule has 0 bridgehead atoms. The summed E-state index contributed by atoms with van der Waals surface area (Å²) in [6.45, 7) is 1.93. The number of hydrogen-bond acceptors (Lipinski definition) is 3. The maximum atomic E-state index is 12.6. The average molecular weight is 334 g/mol. The highest BCUT2D eigenvalue weighted by molar-refractivity contribution is 5.89. The third-order valence-corrected chi connectivity index (χ3v) is 4.83. The van der Waals surface area contributed by atoms with E-state index in [0.29, 0.717) is 5.92 Å². The van der Waals surface area contributed by atoms with Crippen LogP contribution in [-0.4, -0.2) is 15.5 Å². The van der Waals surface area contributed by atoms with Gasteiger partial charge in [0.15, 0.2) is 0 Å². The summed E-state index contributed by atoms with van der Waals surface area (Å²) in [5.74, 6) is -0.955. The zero-order chi connectivity index (χ0) is 17.7. The summed E-state index contributed by atoms with van der Waals surface area (Å²) in [4.78, 5) is 24.0. The smallest absolute Gasteiger partial charge is 0.341 e. The molecule has 0 amide bonds. The number of pyridine rings is 2. The van der Waals surface area contributed by atoms with Crippen LogP contribution in [0.2, 0.25) is 0 Å². The van der Waals surface area contributed by atoms with Crippen molar-refractivity contribution in [2.24, 2.45) is 0 Å². The van der Waals surface area contributed by atoms with Crippen molar-refractivity contribution >= 4 is 11.5 Å². The molecule has 25 heavy (non-hydrogen) atoms. The highest BCUT2D eigenvalue weighted by atomic mass is 16.4. The molecule has 1 aromatic carbocycles.